The van der Waals surface area contributed by atoms with E-state index in [0.29, 0.717) is 10.9 Å². The largest absolute Gasteiger partial charge is 0.360 e. The summed E-state index contributed by atoms with van der Waals surface area (Å²) in [5, 5.41) is 0.705. The summed E-state index contributed by atoms with van der Waals surface area (Å²) in [4.78, 5) is 14.9. The van der Waals surface area contributed by atoms with Crippen LogP contribution in [0.15, 0.2) is 27.3 Å². The van der Waals surface area contributed by atoms with Gasteiger partial charge in [0.2, 0.25) is 5.78 Å². The quantitative estimate of drug-likeness (QED) is 0.497. The topological polar surface area (TPSA) is 32.9 Å². The molecular weight excluding hydrogens is 416 g/mol. The van der Waals surface area contributed by atoms with Gasteiger partial charge in [-0.2, -0.15) is 0 Å². The molecule has 2 aromatic rings. The molecule has 0 saturated heterocycles. The Balaban J connectivity index is 2.65. The van der Waals surface area contributed by atoms with E-state index in [4.69, 9.17) is 34.8 Å². The molecule has 1 aromatic carbocycles. The minimum Gasteiger partial charge on any atom is -0.360 e. The number of rotatable bonds is 1. The van der Waals surface area contributed by atoms with Gasteiger partial charge in [0.1, 0.15) is 0 Å². The van der Waals surface area contributed by atoms with Crippen LogP contribution in [0.5, 0.6) is 0 Å². The predicted octanol–water partition coefficient (Wildman–Crippen LogP) is 5.25. The van der Waals surface area contributed by atoms with Gasteiger partial charge in [0.25, 0.3) is 3.79 Å². The van der Waals surface area contributed by atoms with Crippen LogP contribution in [0.3, 0.4) is 0 Å². The summed E-state index contributed by atoms with van der Waals surface area (Å²) in [5.74, 6) is -0.553. The third-order valence-electron chi connectivity index (χ3n) is 2.22. The van der Waals surface area contributed by atoms with Crippen LogP contribution < -0.4 is 0 Å². The maximum atomic E-state index is 11.9. The lowest BCUT2D eigenvalue weighted by molar-refractivity contribution is 0.0998. The molecule has 0 atom stereocenters. The van der Waals surface area contributed by atoms with Crippen molar-refractivity contribution in [2.45, 2.75) is 3.79 Å². The number of ketones is 1. The summed E-state index contributed by atoms with van der Waals surface area (Å²) in [5.41, 5.74) is 1.14. The molecule has 7 heteroatoms. The zero-order chi connectivity index (χ0) is 12.8. The van der Waals surface area contributed by atoms with Crippen molar-refractivity contribution in [3.8, 4) is 0 Å². The zero-order valence-electron chi connectivity index (χ0n) is 8.03. The van der Waals surface area contributed by atoms with Crippen LogP contribution in [0.25, 0.3) is 10.9 Å². The van der Waals surface area contributed by atoms with Gasteiger partial charge in [-0.3, -0.25) is 4.79 Å². The van der Waals surface area contributed by atoms with Crippen molar-refractivity contribution in [1.82, 2.24) is 4.98 Å². The van der Waals surface area contributed by atoms with Crippen LogP contribution in [0.4, 0.5) is 0 Å². The predicted molar refractivity (Wildman–Crippen MR) is 78.3 cm³/mol. The third-order valence-corrected chi connectivity index (χ3v) is 4.58. The molecule has 2 nitrogen and oxygen atoms in total. The van der Waals surface area contributed by atoms with Gasteiger partial charge < -0.3 is 4.98 Å². The number of benzene rings is 1. The molecule has 1 N–H and O–H groups in total. The molecule has 0 aliphatic carbocycles. The summed E-state index contributed by atoms with van der Waals surface area (Å²) in [6.45, 7) is 0. The Labute approximate surface area is 129 Å². The number of carbonyl (C=O) groups is 1. The van der Waals surface area contributed by atoms with Gasteiger partial charge in [-0.05, 0) is 44.0 Å². The van der Waals surface area contributed by atoms with Crippen molar-refractivity contribution < 1.29 is 4.79 Å². The molecule has 0 aliphatic rings. The minimum atomic E-state index is -1.95. The third kappa shape index (κ3) is 2.66. The Bertz CT molecular complexity index is 603. The van der Waals surface area contributed by atoms with E-state index in [-0.39, 0.29) is 0 Å². The van der Waals surface area contributed by atoms with E-state index in [1.807, 2.05) is 6.07 Å². The Morgan fingerprint density at radius 2 is 1.76 bits per heavy atom. The fourth-order valence-electron chi connectivity index (χ4n) is 1.46. The fraction of sp³-hybridized carbons (Fsp3) is 0.100. The van der Waals surface area contributed by atoms with Crippen molar-refractivity contribution in [3.05, 3.63) is 32.8 Å². The normalized spacial score (nSPS) is 12.1. The molecule has 1 heterocycles. The average Bonchev–Trinajstić information content (AvgIpc) is 2.59. The highest BCUT2D eigenvalue weighted by Gasteiger charge is 2.33. The Hall–Kier alpha value is 0.260. The average molecular weight is 420 g/mol. The first-order valence-corrected chi connectivity index (χ1v) is 7.10. The summed E-state index contributed by atoms with van der Waals surface area (Å²) >= 11 is 23.5. The van der Waals surface area contributed by atoms with Gasteiger partial charge in [-0.15, -0.1) is 0 Å². The number of halogens is 5. The second kappa shape index (κ2) is 4.74. The second-order valence-electron chi connectivity index (χ2n) is 3.34. The van der Waals surface area contributed by atoms with Gasteiger partial charge in [-0.1, -0.05) is 34.8 Å². The Morgan fingerprint density at radius 3 is 2.35 bits per heavy atom. The number of Topliss-reactive ketones (excluding diaryl/α,β-unsaturated/α-hetero) is 1. The van der Waals surface area contributed by atoms with E-state index in [0.717, 1.165) is 14.5 Å². The van der Waals surface area contributed by atoms with Gasteiger partial charge in [-0.25, -0.2) is 0 Å². The molecule has 0 bridgehead atoms. The minimum absolute atomic E-state index is 0.355. The molecule has 0 spiro atoms. The monoisotopic (exact) mass is 417 g/mol. The van der Waals surface area contributed by atoms with Crippen LogP contribution in [0.2, 0.25) is 0 Å². The molecule has 1 aromatic heterocycles. The number of hydrogen-bond donors (Lipinski definition) is 1. The van der Waals surface area contributed by atoms with Crippen LogP contribution in [-0.2, 0) is 0 Å². The standard InChI is InChI=1S/C10H4Br2Cl3NO/c11-6-1-4-5(9(17)10(13,14)15)3-16-8(4)2-7(6)12/h1-3,16H. The summed E-state index contributed by atoms with van der Waals surface area (Å²) in [6, 6.07) is 3.63. The number of hydrogen-bond acceptors (Lipinski definition) is 1. The number of fused-ring (bicyclic) bond motifs is 1. The van der Waals surface area contributed by atoms with E-state index < -0.39 is 9.58 Å². The Morgan fingerprint density at radius 1 is 1.18 bits per heavy atom. The van der Waals surface area contributed by atoms with Gasteiger partial charge in [0, 0.05) is 31.6 Å². The highest BCUT2D eigenvalue weighted by molar-refractivity contribution is 9.13. The second-order valence-corrected chi connectivity index (χ2v) is 7.33. The van der Waals surface area contributed by atoms with Crippen molar-refractivity contribution in [2.24, 2.45) is 0 Å². The highest BCUT2D eigenvalue weighted by Crippen LogP contribution is 2.35. The first kappa shape index (κ1) is 13.7. The molecular formula is C10H4Br2Cl3NO. The number of alkyl halides is 3. The van der Waals surface area contributed by atoms with E-state index >= 15 is 0 Å². The SMILES string of the molecule is O=C(c1c[nH]c2cc(Br)c(Br)cc12)C(Cl)(Cl)Cl. The molecule has 0 radical (unpaired) electrons. The maximum absolute atomic E-state index is 11.9. The van der Waals surface area contributed by atoms with Gasteiger partial charge in [0.05, 0.1) is 0 Å². The maximum Gasteiger partial charge on any atom is 0.253 e. The van der Waals surface area contributed by atoms with E-state index in [1.54, 1.807) is 6.07 Å². The molecule has 90 valence electrons. The molecule has 0 fully saturated rings. The van der Waals surface area contributed by atoms with E-state index in [1.165, 1.54) is 6.20 Å². The van der Waals surface area contributed by atoms with Gasteiger partial charge >= 0.3 is 0 Å². The lowest BCUT2D eigenvalue weighted by atomic mass is 10.1. The number of aromatic nitrogens is 1. The fourth-order valence-corrected chi connectivity index (χ4v) is 2.45. The van der Waals surface area contributed by atoms with Crippen LogP contribution >= 0.6 is 66.7 Å². The number of H-pyrrole nitrogens is 1. The molecule has 0 unspecified atom stereocenters. The molecule has 0 saturated carbocycles. The molecule has 0 amide bonds. The van der Waals surface area contributed by atoms with Crippen LogP contribution in [0, 0.1) is 0 Å². The Kier molecular flexibility index (Phi) is 3.82. The lowest BCUT2D eigenvalue weighted by Gasteiger charge is -2.08. The molecule has 17 heavy (non-hydrogen) atoms. The van der Waals surface area contributed by atoms with E-state index in [9.17, 15) is 4.79 Å². The first-order valence-electron chi connectivity index (χ1n) is 4.38. The number of nitrogens with one attached hydrogen (secondary N) is 1. The summed E-state index contributed by atoms with van der Waals surface area (Å²) < 4.78 is -0.253. The van der Waals surface area contributed by atoms with E-state index in [2.05, 4.69) is 36.8 Å². The van der Waals surface area contributed by atoms with Crippen LogP contribution in [-0.4, -0.2) is 14.6 Å². The van der Waals surface area contributed by atoms with Gasteiger partial charge in [0.15, 0.2) is 0 Å². The van der Waals surface area contributed by atoms with Crippen molar-refractivity contribution in [1.29, 1.82) is 0 Å². The molecule has 0 aliphatic heterocycles. The van der Waals surface area contributed by atoms with Crippen molar-refractivity contribution >= 4 is 83.3 Å². The first-order chi connectivity index (χ1) is 7.80. The summed E-state index contributed by atoms with van der Waals surface area (Å²) in [6.07, 6.45) is 1.54. The summed E-state index contributed by atoms with van der Waals surface area (Å²) in [7, 11) is 0. The number of aromatic amines is 1. The zero-order valence-corrected chi connectivity index (χ0v) is 13.5. The lowest BCUT2D eigenvalue weighted by Crippen LogP contribution is -2.18. The van der Waals surface area contributed by atoms with Crippen molar-refractivity contribution in [2.75, 3.05) is 0 Å². The number of carbonyl (C=O) groups excluding carboxylic acids is 1. The van der Waals surface area contributed by atoms with Crippen molar-refractivity contribution in [3.63, 3.8) is 0 Å². The highest BCUT2D eigenvalue weighted by atomic mass is 79.9. The smallest absolute Gasteiger partial charge is 0.253 e. The van der Waals surface area contributed by atoms with Crippen LogP contribution in [0.1, 0.15) is 10.4 Å². The molecule has 2 rings (SSSR count).